The zero-order valence-corrected chi connectivity index (χ0v) is 18.4. The van der Waals surface area contributed by atoms with Crippen LogP contribution >= 0.6 is 0 Å². The first-order chi connectivity index (χ1) is 16.1. The maximum Gasteiger partial charge on any atom is 0.228 e. The van der Waals surface area contributed by atoms with Crippen LogP contribution in [-0.2, 0) is 9.59 Å². The summed E-state index contributed by atoms with van der Waals surface area (Å²) in [5, 5.41) is 4.21. The number of nitrogens with zero attached hydrogens (tertiary/aromatic N) is 7. The molecule has 33 heavy (non-hydrogen) atoms. The van der Waals surface area contributed by atoms with Crippen molar-refractivity contribution in [3.05, 3.63) is 55.1 Å². The third-order valence-electron chi connectivity index (χ3n) is 6.15. The van der Waals surface area contributed by atoms with Crippen LogP contribution in [0, 0.1) is 5.92 Å². The standard InChI is InChI=1S/C23H25N7O3/c1-33-19-5-3-18(4-6-19)29-15-17(13-22(29)31)23(32)28-11-9-27(10-12-28)20-14-21(25-16-24-20)30-8-2-7-26-30/h2-8,14,16-17H,9-13,15H2,1H3. The van der Waals surface area contributed by atoms with Gasteiger partial charge in [-0.15, -0.1) is 0 Å². The van der Waals surface area contributed by atoms with E-state index in [1.807, 2.05) is 47.5 Å². The molecule has 0 radical (unpaired) electrons. The molecule has 170 valence electrons. The van der Waals surface area contributed by atoms with Gasteiger partial charge in [-0.2, -0.15) is 5.10 Å². The fourth-order valence-electron chi connectivity index (χ4n) is 4.34. The summed E-state index contributed by atoms with van der Waals surface area (Å²) in [6, 6.07) is 11.1. The summed E-state index contributed by atoms with van der Waals surface area (Å²) in [5.41, 5.74) is 0.790. The number of carbonyl (C=O) groups excluding carboxylic acids is 2. The van der Waals surface area contributed by atoms with E-state index in [0.29, 0.717) is 38.5 Å². The summed E-state index contributed by atoms with van der Waals surface area (Å²) in [7, 11) is 1.60. The van der Waals surface area contributed by atoms with E-state index in [4.69, 9.17) is 4.74 Å². The molecule has 10 heteroatoms. The van der Waals surface area contributed by atoms with E-state index in [0.717, 1.165) is 17.3 Å². The van der Waals surface area contributed by atoms with Gasteiger partial charge in [0.15, 0.2) is 5.82 Å². The lowest BCUT2D eigenvalue weighted by Crippen LogP contribution is -2.51. The summed E-state index contributed by atoms with van der Waals surface area (Å²) >= 11 is 0. The Bertz CT molecular complexity index is 1130. The molecular formula is C23H25N7O3. The number of aromatic nitrogens is 4. The fraction of sp³-hybridized carbons (Fsp3) is 0.348. The zero-order chi connectivity index (χ0) is 22.8. The summed E-state index contributed by atoms with van der Waals surface area (Å²) in [6.07, 6.45) is 5.31. The number of ether oxygens (including phenoxy) is 1. The van der Waals surface area contributed by atoms with Crippen molar-refractivity contribution >= 4 is 23.3 Å². The molecule has 1 atom stereocenters. The second kappa shape index (κ2) is 8.89. The second-order valence-electron chi connectivity index (χ2n) is 8.10. The predicted molar refractivity (Wildman–Crippen MR) is 121 cm³/mol. The third kappa shape index (κ3) is 4.23. The van der Waals surface area contributed by atoms with Crippen molar-refractivity contribution in [1.82, 2.24) is 24.6 Å². The molecule has 1 unspecified atom stereocenters. The van der Waals surface area contributed by atoms with Crippen LogP contribution in [0.5, 0.6) is 5.75 Å². The SMILES string of the molecule is COc1ccc(N2CC(C(=O)N3CCN(c4cc(-n5cccn5)ncn4)CC3)CC2=O)cc1. The van der Waals surface area contributed by atoms with Gasteiger partial charge in [-0.1, -0.05) is 0 Å². The molecule has 0 N–H and O–H groups in total. The molecule has 2 aliphatic rings. The van der Waals surface area contributed by atoms with E-state index in [1.54, 1.807) is 22.9 Å². The van der Waals surface area contributed by atoms with Crippen LogP contribution in [0.2, 0.25) is 0 Å². The summed E-state index contributed by atoms with van der Waals surface area (Å²) in [5.74, 6) is 1.94. The van der Waals surface area contributed by atoms with Crippen LogP contribution in [0.4, 0.5) is 11.5 Å². The smallest absolute Gasteiger partial charge is 0.228 e. The van der Waals surface area contributed by atoms with Gasteiger partial charge in [0.25, 0.3) is 0 Å². The molecule has 0 bridgehead atoms. The number of rotatable bonds is 5. The molecule has 4 heterocycles. The van der Waals surface area contributed by atoms with Gasteiger partial charge in [-0.25, -0.2) is 14.6 Å². The Morgan fingerprint density at radius 2 is 1.82 bits per heavy atom. The number of anilines is 2. The lowest BCUT2D eigenvalue weighted by molar-refractivity contribution is -0.136. The molecule has 0 saturated carbocycles. The van der Waals surface area contributed by atoms with E-state index in [2.05, 4.69) is 20.0 Å². The average molecular weight is 447 g/mol. The molecule has 1 aromatic carbocycles. The van der Waals surface area contributed by atoms with Crippen LogP contribution in [-0.4, -0.2) is 76.3 Å². The first-order valence-electron chi connectivity index (χ1n) is 10.9. The summed E-state index contributed by atoms with van der Waals surface area (Å²) in [6.45, 7) is 2.93. The predicted octanol–water partition coefficient (Wildman–Crippen LogP) is 1.37. The minimum Gasteiger partial charge on any atom is -0.497 e. The van der Waals surface area contributed by atoms with Gasteiger partial charge in [0.1, 0.15) is 17.9 Å². The minimum atomic E-state index is -0.323. The van der Waals surface area contributed by atoms with Crippen LogP contribution in [0.15, 0.2) is 55.1 Å². The quantitative estimate of drug-likeness (QED) is 0.583. The van der Waals surface area contributed by atoms with Gasteiger partial charge in [0, 0.05) is 63.3 Å². The Hall–Kier alpha value is -3.95. The molecular weight excluding hydrogens is 422 g/mol. The van der Waals surface area contributed by atoms with E-state index in [1.165, 1.54) is 6.33 Å². The summed E-state index contributed by atoms with van der Waals surface area (Å²) < 4.78 is 6.87. The second-order valence-corrected chi connectivity index (χ2v) is 8.10. The van der Waals surface area contributed by atoms with E-state index < -0.39 is 0 Å². The number of hydrogen-bond acceptors (Lipinski definition) is 7. The molecule has 5 rings (SSSR count). The highest BCUT2D eigenvalue weighted by Crippen LogP contribution is 2.28. The van der Waals surface area contributed by atoms with Crippen LogP contribution in [0.25, 0.3) is 5.82 Å². The topological polar surface area (TPSA) is 96.7 Å². The highest BCUT2D eigenvalue weighted by atomic mass is 16.5. The average Bonchev–Trinajstić information content (AvgIpc) is 3.54. The molecule has 10 nitrogen and oxygen atoms in total. The Morgan fingerprint density at radius 1 is 1.06 bits per heavy atom. The number of piperazine rings is 1. The first kappa shape index (κ1) is 20.9. The summed E-state index contributed by atoms with van der Waals surface area (Å²) in [4.78, 5) is 40.1. The normalized spacial score (nSPS) is 18.6. The Balaban J connectivity index is 1.20. The monoisotopic (exact) mass is 447 g/mol. The molecule has 2 aromatic heterocycles. The number of amides is 2. The molecule has 0 aliphatic carbocycles. The van der Waals surface area contributed by atoms with E-state index >= 15 is 0 Å². The lowest BCUT2D eigenvalue weighted by atomic mass is 10.1. The Morgan fingerprint density at radius 3 is 2.52 bits per heavy atom. The lowest BCUT2D eigenvalue weighted by Gasteiger charge is -2.36. The van der Waals surface area contributed by atoms with E-state index in [-0.39, 0.29) is 24.2 Å². The maximum absolute atomic E-state index is 13.1. The number of hydrogen-bond donors (Lipinski definition) is 0. The Kier molecular flexibility index (Phi) is 5.64. The number of benzene rings is 1. The number of methoxy groups -OCH3 is 1. The zero-order valence-electron chi connectivity index (χ0n) is 18.4. The number of carbonyl (C=O) groups is 2. The van der Waals surface area contributed by atoms with Gasteiger partial charge < -0.3 is 19.4 Å². The van der Waals surface area contributed by atoms with Gasteiger partial charge >= 0.3 is 0 Å². The van der Waals surface area contributed by atoms with Crippen molar-refractivity contribution in [2.45, 2.75) is 6.42 Å². The van der Waals surface area contributed by atoms with Gasteiger partial charge in [0.2, 0.25) is 11.8 Å². The van der Waals surface area contributed by atoms with E-state index in [9.17, 15) is 9.59 Å². The molecule has 2 aliphatic heterocycles. The highest BCUT2D eigenvalue weighted by Gasteiger charge is 2.38. The van der Waals surface area contributed by atoms with Crippen molar-refractivity contribution in [2.75, 3.05) is 49.6 Å². The maximum atomic E-state index is 13.1. The van der Waals surface area contributed by atoms with Crippen molar-refractivity contribution in [2.24, 2.45) is 5.92 Å². The van der Waals surface area contributed by atoms with Crippen LogP contribution < -0.4 is 14.5 Å². The van der Waals surface area contributed by atoms with Crippen molar-refractivity contribution in [3.63, 3.8) is 0 Å². The van der Waals surface area contributed by atoms with Crippen LogP contribution in [0.1, 0.15) is 6.42 Å². The minimum absolute atomic E-state index is 0.0238. The first-order valence-corrected chi connectivity index (χ1v) is 10.9. The van der Waals surface area contributed by atoms with Crippen molar-refractivity contribution < 1.29 is 14.3 Å². The third-order valence-corrected chi connectivity index (χ3v) is 6.15. The van der Waals surface area contributed by atoms with Crippen LogP contribution in [0.3, 0.4) is 0 Å². The van der Waals surface area contributed by atoms with Gasteiger partial charge in [-0.05, 0) is 30.3 Å². The molecule has 0 spiro atoms. The van der Waals surface area contributed by atoms with Crippen molar-refractivity contribution in [3.8, 4) is 11.6 Å². The van der Waals surface area contributed by atoms with Gasteiger partial charge in [0.05, 0.1) is 13.0 Å². The highest BCUT2D eigenvalue weighted by molar-refractivity contribution is 6.00. The molecule has 2 fully saturated rings. The molecule has 2 saturated heterocycles. The van der Waals surface area contributed by atoms with Crippen molar-refractivity contribution in [1.29, 1.82) is 0 Å². The largest absolute Gasteiger partial charge is 0.497 e. The Labute approximate surface area is 191 Å². The van der Waals surface area contributed by atoms with Gasteiger partial charge in [-0.3, -0.25) is 9.59 Å². The molecule has 3 aromatic rings. The molecule has 2 amide bonds. The fourth-order valence-corrected chi connectivity index (χ4v) is 4.34.